The van der Waals surface area contributed by atoms with E-state index in [0.717, 1.165) is 23.2 Å². The van der Waals surface area contributed by atoms with Gasteiger partial charge in [-0.05, 0) is 56.5 Å². The lowest BCUT2D eigenvalue weighted by Gasteiger charge is -2.21. The van der Waals surface area contributed by atoms with Gasteiger partial charge >= 0.3 is 0 Å². The number of benzene rings is 2. The van der Waals surface area contributed by atoms with Crippen molar-refractivity contribution in [1.82, 2.24) is 4.31 Å². The molecule has 146 valence electrons. The van der Waals surface area contributed by atoms with Crippen LogP contribution in [-0.4, -0.2) is 31.7 Å². The first-order valence-corrected chi connectivity index (χ1v) is 10.6. The Morgan fingerprint density at radius 1 is 1.22 bits per heavy atom. The summed E-state index contributed by atoms with van der Waals surface area (Å²) < 4.78 is 26.7. The fourth-order valence-corrected chi connectivity index (χ4v) is 4.26. The van der Waals surface area contributed by atoms with Crippen LogP contribution in [0.25, 0.3) is 0 Å². The molecule has 2 aromatic carbocycles. The van der Waals surface area contributed by atoms with Gasteiger partial charge < -0.3 is 5.32 Å². The number of aryl methyl sites for hydroxylation is 2. The topological polar surface area (TPSA) is 66.5 Å². The van der Waals surface area contributed by atoms with Crippen molar-refractivity contribution >= 4 is 33.2 Å². The molecule has 2 rings (SSSR count). The van der Waals surface area contributed by atoms with Gasteiger partial charge in [-0.1, -0.05) is 36.7 Å². The van der Waals surface area contributed by atoms with Gasteiger partial charge in [-0.3, -0.25) is 4.79 Å². The van der Waals surface area contributed by atoms with E-state index in [0.29, 0.717) is 0 Å². The molecule has 5 nitrogen and oxygen atoms in total. The van der Waals surface area contributed by atoms with Gasteiger partial charge in [0.15, 0.2) is 0 Å². The smallest absolute Gasteiger partial charge is 0.257 e. The number of anilines is 1. The molecule has 0 spiro atoms. The van der Waals surface area contributed by atoms with Crippen molar-refractivity contribution in [3.8, 4) is 0 Å². The number of sulfonamides is 1. The van der Waals surface area contributed by atoms with Gasteiger partial charge in [0, 0.05) is 18.8 Å². The molecule has 0 heterocycles. The zero-order chi connectivity index (χ0) is 20.4. The largest absolute Gasteiger partial charge is 0.321 e. The maximum atomic E-state index is 12.8. The second-order valence-corrected chi connectivity index (χ2v) is 9.08. The number of rotatable bonds is 6. The van der Waals surface area contributed by atoms with Gasteiger partial charge in [-0.15, -0.1) is 0 Å². The van der Waals surface area contributed by atoms with Crippen LogP contribution >= 0.6 is 11.6 Å². The zero-order valence-electron chi connectivity index (χ0n) is 16.2. The molecule has 0 atom stereocenters. The van der Waals surface area contributed by atoms with Gasteiger partial charge in [0.2, 0.25) is 10.0 Å². The third-order valence-electron chi connectivity index (χ3n) is 4.57. The van der Waals surface area contributed by atoms with Crippen LogP contribution in [-0.2, 0) is 16.4 Å². The predicted octanol–water partition coefficient (Wildman–Crippen LogP) is 4.49. The highest BCUT2D eigenvalue weighted by Gasteiger charge is 2.25. The van der Waals surface area contributed by atoms with E-state index in [4.69, 9.17) is 11.6 Å². The molecular weight excluding hydrogens is 384 g/mol. The van der Waals surface area contributed by atoms with Gasteiger partial charge in [-0.25, -0.2) is 8.42 Å². The Kier molecular flexibility index (Phi) is 6.68. The summed E-state index contributed by atoms with van der Waals surface area (Å²) in [5.41, 5.74) is 2.79. The van der Waals surface area contributed by atoms with Crippen molar-refractivity contribution in [1.29, 1.82) is 0 Å². The first-order valence-electron chi connectivity index (χ1n) is 8.77. The molecular formula is C20H25ClN2O3S. The van der Waals surface area contributed by atoms with E-state index in [1.807, 2.05) is 32.0 Å². The third-order valence-corrected chi connectivity index (χ3v) is 6.92. The number of amides is 1. The molecule has 0 bridgehead atoms. The normalized spacial score (nSPS) is 11.9. The number of nitrogens with zero attached hydrogens (tertiary/aromatic N) is 1. The van der Waals surface area contributed by atoms with Crippen LogP contribution in [0.3, 0.4) is 0 Å². The number of halogens is 1. The molecule has 0 aliphatic rings. The Balaban J connectivity index is 2.44. The second kappa shape index (κ2) is 8.42. The van der Waals surface area contributed by atoms with Crippen molar-refractivity contribution in [2.75, 3.05) is 12.4 Å². The highest BCUT2D eigenvalue weighted by atomic mass is 35.5. The summed E-state index contributed by atoms with van der Waals surface area (Å²) in [6, 6.07) is 9.77. The lowest BCUT2D eigenvalue weighted by atomic mass is 10.1. The van der Waals surface area contributed by atoms with E-state index in [1.54, 1.807) is 13.8 Å². The second-order valence-electron chi connectivity index (χ2n) is 6.67. The molecule has 0 unspecified atom stereocenters. The van der Waals surface area contributed by atoms with E-state index in [9.17, 15) is 13.2 Å². The van der Waals surface area contributed by atoms with E-state index in [-0.39, 0.29) is 21.5 Å². The van der Waals surface area contributed by atoms with Crippen LogP contribution in [0.1, 0.15) is 42.3 Å². The van der Waals surface area contributed by atoms with Gasteiger partial charge in [0.25, 0.3) is 5.91 Å². The highest BCUT2D eigenvalue weighted by Crippen LogP contribution is 2.26. The Morgan fingerprint density at radius 3 is 2.48 bits per heavy atom. The summed E-state index contributed by atoms with van der Waals surface area (Å²) in [7, 11) is -2.20. The van der Waals surface area contributed by atoms with E-state index >= 15 is 0 Å². The lowest BCUT2D eigenvalue weighted by Crippen LogP contribution is -2.33. The summed E-state index contributed by atoms with van der Waals surface area (Å²) in [6.45, 7) is 7.48. The third kappa shape index (κ3) is 4.51. The van der Waals surface area contributed by atoms with Crippen LogP contribution in [0, 0.1) is 6.92 Å². The molecule has 0 saturated carbocycles. The molecule has 0 radical (unpaired) electrons. The molecule has 0 aromatic heterocycles. The number of carbonyl (C=O) groups excluding carboxylic acids is 1. The minimum atomic E-state index is -3.71. The lowest BCUT2D eigenvalue weighted by molar-refractivity contribution is 0.102. The minimum absolute atomic E-state index is 0.0359. The van der Waals surface area contributed by atoms with Gasteiger partial charge in [0.1, 0.15) is 0 Å². The van der Waals surface area contributed by atoms with E-state index in [2.05, 4.69) is 5.32 Å². The molecule has 1 N–H and O–H groups in total. The van der Waals surface area contributed by atoms with E-state index < -0.39 is 15.9 Å². The van der Waals surface area contributed by atoms with Crippen molar-refractivity contribution in [2.24, 2.45) is 0 Å². The van der Waals surface area contributed by atoms with Crippen LogP contribution in [0.4, 0.5) is 5.69 Å². The van der Waals surface area contributed by atoms with Crippen molar-refractivity contribution < 1.29 is 13.2 Å². The number of hydrogen-bond acceptors (Lipinski definition) is 3. The number of para-hydroxylation sites is 1. The summed E-state index contributed by atoms with van der Waals surface area (Å²) in [5, 5.41) is 3.09. The Morgan fingerprint density at radius 2 is 1.89 bits per heavy atom. The maximum absolute atomic E-state index is 12.8. The van der Waals surface area contributed by atoms with Crippen LogP contribution in [0.5, 0.6) is 0 Å². The molecule has 1 amide bonds. The summed E-state index contributed by atoms with van der Waals surface area (Å²) in [4.78, 5) is 12.9. The molecule has 7 heteroatoms. The fraction of sp³-hybridized carbons (Fsp3) is 0.350. The fourth-order valence-electron chi connectivity index (χ4n) is 2.67. The first kappa shape index (κ1) is 21.4. The Labute approximate surface area is 166 Å². The van der Waals surface area contributed by atoms with Gasteiger partial charge in [-0.2, -0.15) is 4.31 Å². The van der Waals surface area contributed by atoms with Crippen LogP contribution in [0.15, 0.2) is 41.3 Å². The summed E-state index contributed by atoms with van der Waals surface area (Å²) >= 11 is 6.19. The highest BCUT2D eigenvalue weighted by molar-refractivity contribution is 7.89. The average molecular weight is 409 g/mol. The molecule has 2 aromatic rings. The summed E-state index contributed by atoms with van der Waals surface area (Å²) in [6.07, 6.45) is 0.763. The van der Waals surface area contributed by atoms with Crippen LogP contribution in [0.2, 0.25) is 5.02 Å². The first-order chi connectivity index (χ1) is 12.6. The predicted molar refractivity (Wildman–Crippen MR) is 110 cm³/mol. The maximum Gasteiger partial charge on any atom is 0.257 e. The molecule has 0 aliphatic carbocycles. The minimum Gasteiger partial charge on any atom is -0.321 e. The molecule has 0 fully saturated rings. The molecule has 0 saturated heterocycles. The standard InChI is InChI=1S/C20H25ClN2O3S/c1-6-15-9-7-8-14(4)19(15)22-20(24)17-12-16(10-11-18(17)21)27(25,26)23(5)13(2)3/h7-13H,6H2,1-5H3,(H,22,24). The number of hydrogen-bond donors (Lipinski definition) is 1. The average Bonchev–Trinajstić information content (AvgIpc) is 2.62. The Bertz CT molecular complexity index is 956. The summed E-state index contributed by atoms with van der Waals surface area (Å²) in [5.74, 6) is -0.437. The Hall–Kier alpha value is -1.89. The van der Waals surface area contributed by atoms with Gasteiger partial charge in [0.05, 0.1) is 15.5 Å². The number of nitrogens with one attached hydrogen (secondary N) is 1. The van der Waals surface area contributed by atoms with Crippen LogP contribution < -0.4 is 5.32 Å². The van der Waals surface area contributed by atoms with Crippen molar-refractivity contribution in [2.45, 2.75) is 45.1 Å². The number of carbonyl (C=O) groups is 1. The van der Waals surface area contributed by atoms with E-state index in [1.165, 1.54) is 29.6 Å². The van der Waals surface area contributed by atoms with Crippen molar-refractivity contribution in [3.63, 3.8) is 0 Å². The monoisotopic (exact) mass is 408 g/mol. The zero-order valence-corrected chi connectivity index (χ0v) is 17.8. The molecule has 27 heavy (non-hydrogen) atoms. The SMILES string of the molecule is CCc1cccc(C)c1NC(=O)c1cc(S(=O)(=O)N(C)C(C)C)ccc1Cl. The molecule has 0 aliphatic heterocycles. The quantitative estimate of drug-likeness (QED) is 0.765. The van der Waals surface area contributed by atoms with Crippen molar-refractivity contribution in [3.05, 3.63) is 58.1 Å².